The van der Waals surface area contributed by atoms with Gasteiger partial charge in [-0.05, 0) is 24.3 Å². The van der Waals surface area contributed by atoms with Crippen molar-refractivity contribution in [1.29, 1.82) is 0 Å². The molecule has 1 heterocycles. The Labute approximate surface area is 125 Å². The first-order chi connectivity index (χ1) is 9.93. The summed E-state index contributed by atoms with van der Waals surface area (Å²) < 4.78 is 17.6. The fourth-order valence-electron chi connectivity index (χ4n) is 1.70. The van der Waals surface area contributed by atoms with Crippen LogP contribution in [0.5, 0.6) is 0 Å². The quantitative estimate of drug-likeness (QED) is 0.642. The van der Waals surface area contributed by atoms with E-state index in [1.807, 2.05) is 0 Å². The molecule has 2 rings (SSSR count). The predicted molar refractivity (Wildman–Crippen MR) is 77.9 cm³/mol. The van der Waals surface area contributed by atoms with Gasteiger partial charge in [0.1, 0.15) is 10.7 Å². The number of nitrogens with zero attached hydrogens (tertiary/aromatic N) is 2. The van der Waals surface area contributed by atoms with Crippen molar-refractivity contribution in [3.8, 4) is 0 Å². The second kappa shape index (κ2) is 6.01. The van der Waals surface area contributed by atoms with Gasteiger partial charge in [-0.25, -0.2) is 14.2 Å². The molecule has 0 aliphatic rings. The summed E-state index contributed by atoms with van der Waals surface area (Å²) in [4.78, 5) is 29.3. The SMILES string of the molecule is COC(=O)c1nc(N(C)c2ccc(F)cc2)sc1C(C)=O. The Morgan fingerprint density at radius 3 is 2.43 bits per heavy atom. The van der Waals surface area contributed by atoms with Crippen molar-refractivity contribution < 1.29 is 18.7 Å². The number of benzene rings is 1. The van der Waals surface area contributed by atoms with Gasteiger partial charge >= 0.3 is 5.97 Å². The standard InChI is InChI=1S/C14H13FN2O3S/c1-8(18)12-11(13(19)20-3)16-14(21-12)17(2)10-6-4-9(15)5-7-10/h4-7H,1-3H3. The van der Waals surface area contributed by atoms with Crippen LogP contribution in [0.1, 0.15) is 27.1 Å². The molecule has 5 nitrogen and oxygen atoms in total. The van der Waals surface area contributed by atoms with Crippen molar-refractivity contribution in [2.45, 2.75) is 6.92 Å². The van der Waals surface area contributed by atoms with Crippen molar-refractivity contribution in [1.82, 2.24) is 4.98 Å². The minimum absolute atomic E-state index is 0.000961. The van der Waals surface area contributed by atoms with Crippen LogP contribution in [0, 0.1) is 5.82 Å². The van der Waals surface area contributed by atoms with Crippen molar-refractivity contribution in [3.05, 3.63) is 40.7 Å². The molecule has 21 heavy (non-hydrogen) atoms. The van der Waals surface area contributed by atoms with Gasteiger partial charge in [-0.2, -0.15) is 0 Å². The third kappa shape index (κ3) is 3.08. The number of halogens is 1. The van der Waals surface area contributed by atoms with Crippen molar-refractivity contribution in [3.63, 3.8) is 0 Å². The minimum Gasteiger partial charge on any atom is -0.464 e. The Balaban J connectivity index is 2.42. The van der Waals surface area contributed by atoms with Crippen LogP contribution in [0.4, 0.5) is 15.2 Å². The fourth-order valence-corrected chi connectivity index (χ4v) is 2.63. The third-order valence-corrected chi connectivity index (χ3v) is 4.05. The average Bonchev–Trinajstić information content (AvgIpc) is 2.92. The molecule has 0 unspecified atom stereocenters. The molecule has 1 aromatic heterocycles. The second-order valence-corrected chi connectivity index (χ2v) is 5.23. The summed E-state index contributed by atoms with van der Waals surface area (Å²) in [5.74, 6) is -1.26. The number of ether oxygens (including phenoxy) is 1. The number of carbonyl (C=O) groups is 2. The molecule has 0 saturated heterocycles. The number of hydrogen-bond acceptors (Lipinski definition) is 6. The highest BCUT2D eigenvalue weighted by molar-refractivity contribution is 7.17. The molecule has 0 aliphatic heterocycles. The smallest absolute Gasteiger partial charge is 0.358 e. The van der Waals surface area contributed by atoms with Gasteiger partial charge in [0.2, 0.25) is 0 Å². The highest BCUT2D eigenvalue weighted by atomic mass is 32.1. The molecule has 0 spiro atoms. The fraction of sp³-hybridized carbons (Fsp3) is 0.214. The van der Waals surface area contributed by atoms with Gasteiger partial charge in [0.25, 0.3) is 0 Å². The molecule has 0 fully saturated rings. The van der Waals surface area contributed by atoms with Crippen molar-refractivity contribution in [2.75, 3.05) is 19.1 Å². The summed E-state index contributed by atoms with van der Waals surface area (Å²) in [5, 5.41) is 0.451. The first-order valence-electron chi connectivity index (χ1n) is 6.03. The van der Waals surface area contributed by atoms with Crippen LogP contribution in [0.3, 0.4) is 0 Å². The van der Waals surface area contributed by atoms with Crippen LogP contribution < -0.4 is 4.90 Å². The van der Waals surface area contributed by atoms with Crippen molar-refractivity contribution >= 4 is 33.9 Å². The number of methoxy groups -OCH3 is 1. The highest BCUT2D eigenvalue weighted by Crippen LogP contribution is 2.31. The first kappa shape index (κ1) is 15.1. The van der Waals surface area contributed by atoms with E-state index in [4.69, 9.17) is 0 Å². The summed E-state index contributed by atoms with van der Waals surface area (Å²) in [7, 11) is 2.95. The summed E-state index contributed by atoms with van der Waals surface area (Å²) in [6.07, 6.45) is 0. The molecule has 0 radical (unpaired) electrons. The lowest BCUT2D eigenvalue weighted by Crippen LogP contribution is -2.10. The molecule has 0 bridgehead atoms. The van der Waals surface area contributed by atoms with Gasteiger partial charge in [0, 0.05) is 19.7 Å². The number of carbonyl (C=O) groups excluding carboxylic acids is 2. The van der Waals surface area contributed by atoms with E-state index in [2.05, 4.69) is 9.72 Å². The molecular weight excluding hydrogens is 295 g/mol. The van der Waals surface area contributed by atoms with Crippen LogP contribution in [0.2, 0.25) is 0 Å². The summed E-state index contributed by atoms with van der Waals surface area (Å²) in [5.41, 5.74) is 0.690. The number of ketones is 1. The molecule has 0 saturated carbocycles. The lowest BCUT2D eigenvalue weighted by Gasteiger charge is -2.15. The maximum atomic E-state index is 12.9. The second-order valence-electron chi connectivity index (χ2n) is 4.26. The predicted octanol–water partition coefficient (Wildman–Crippen LogP) is 3.04. The topological polar surface area (TPSA) is 59.5 Å². The maximum absolute atomic E-state index is 12.9. The number of rotatable bonds is 4. The highest BCUT2D eigenvalue weighted by Gasteiger charge is 2.23. The summed E-state index contributed by atoms with van der Waals surface area (Å²) in [6, 6.07) is 5.82. The van der Waals surface area contributed by atoms with Gasteiger partial charge in [-0.3, -0.25) is 4.79 Å². The molecule has 7 heteroatoms. The lowest BCUT2D eigenvalue weighted by atomic mass is 10.3. The third-order valence-electron chi connectivity index (χ3n) is 2.82. The van der Waals surface area contributed by atoms with Gasteiger partial charge in [-0.1, -0.05) is 11.3 Å². The molecule has 0 atom stereocenters. The first-order valence-corrected chi connectivity index (χ1v) is 6.85. The van der Waals surface area contributed by atoms with Crippen LogP contribution in [-0.4, -0.2) is 30.9 Å². The van der Waals surface area contributed by atoms with Crippen LogP contribution in [0.15, 0.2) is 24.3 Å². The largest absolute Gasteiger partial charge is 0.464 e. The molecule has 110 valence electrons. The van der Waals surface area contributed by atoms with Gasteiger partial charge < -0.3 is 9.64 Å². The van der Waals surface area contributed by atoms with Crippen LogP contribution in [-0.2, 0) is 4.74 Å². The number of Topliss-reactive ketones (excluding diaryl/α,β-unsaturated/α-hetero) is 1. The van der Waals surface area contributed by atoms with Gasteiger partial charge in [0.05, 0.1) is 7.11 Å². The number of anilines is 2. The Hall–Kier alpha value is -2.28. The Kier molecular flexibility index (Phi) is 4.32. The summed E-state index contributed by atoms with van der Waals surface area (Å²) in [6.45, 7) is 1.36. The van der Waals surface area contributed by atoms with Gasteiger partial charge in [0.15, 0.2) is 16.6 Å². The molecule has 0 aliphatic carbocycles. The zero-order chi connectivity index (χ0) is 15.6. The summed E-state index contributed by atoms with van der Waals surface area (Å²) >= 11 is 1.09. The van der Waals surface area contributed by atoms with Crippen molar-refractivity contribution in [2.24, 2.45) is 0 Å². The number of hydrogen-bond donors (Lipinski definition) is 0. The Bertz CT molecular complexity index is 682. The average molecular weight is 308 g/mol. The monoisotopic (exact) mass is 308 g/mol. The van der Waals surface area contributed by atoms with E-state index in [-0.39, 0.29) is 22.2 Å². The zero-order valence-electron chi connectivity index (χ0n) is 11.7. The normalized spacial score (nSPS) is 10.3. The van der Waals surface area contributed by atoms with Gasteiger partial charge in [-0.15, -0.1) is 0 Å². The van der Waals surface area contributed by atoms with E-state index in [9.17, 15) is 14.0 Å². The number of esters is 1. The van der Waals surface area contributed by atoms with Crippen LogP contribution >= 0.6 is 11.3 Å². The van der Waals surface area contributed by atoms with E-state index >= 15 is 0 Å². The van der Waals surface area contributed by atoms with E-state index in [0.29, 0.717) is 10.8 Å². The van der Waals surface area contributed by atoms with E-state index < -0.39 is 5.97 Å². The molecule has 0 amide bonds. The zero-order valence-corrected chi connectivity index (χ0v) is 12.5. The van der Waals surface area contributed by atoms with Crippen LogP contribution in [0.25, 0.3) is 0 Å². The molecule has 2 aromatic rings. The molecule has 1 aromatic carbocycles. The lowest BCUT2D eigenvalue weighted by molar-refractivity contribution is 0.0591. The Morgan fingerprint density at radius 1 is 1.29 bits per heavy atom. The van der Waals surface area contributed by atoms with E-state index in [1.54, 1.807) is 24.1 Å². The van der Waals surface area contributed by atoms with E-state index in [1.165, 1.54) is 26.2 Å². The maximum Gasteiger partial charge on any atom is 0.358 e. The molecular formula is C14H13FN2O3S. The minimum atomic E-state index is -0.657. The number of thiazole rings is 1. The molecule has 0 N–H and O–H groups in total. The van der Waals surface area contributed by atoms with E-state index in [0.717, 1.165) is 11.3 Å². The Morgan fingerprint density at radius 2 is 1.90 bits per heavy atom. The number of aromatic nitrogens is 1.